The minimum Gasteiger partial charge on any atom is -0.368 e. The smallest absolute Gasteiger partial charge is 0.224 e. The molecule has 1 fully saturated rings. The van der Waals surface area contributed by atoms with Crippen LogP contribution < -0.4 is 11.1 Å². The van der Waals surface area contributed by atoms with Crippen molar-refractivity contribution in [2.24, 2.45) is 0 Å². The number of H-pyrrole nitrogens is 1. The summed E-state index contributed by atoms with van der Waals surface area (Å²) in [7, 11) is 0. The number of nitrogens with zero attached hydrogens (tertiary/aromatic N) is 4. The monoisotopic (exact) mass is 275 g/mol. The first-order valence-corrected chi connectivity index (χ1v) is 6.62. The zero-order chi connectivity index (χ0) is 14.1. The van der Waals surface area contributed by atoms with E-state index in [1.807, 2.05) is 4.90 Å². The second-order valence-electron chi connectivity index (χ2n) is 4.98. The molecule has 0 spiro atoms. The van der Waals surface area contributed by atoms with Gasteiger partial charge in [-0.1, -0.05) is 0 Å². The number of nitrogens with one attached hydrogen (secondary N) is 2. The highest BCUT2D eigenvalue weighted by atomic mass is 16.2. The average molecular weight is 275 g/mol. The fraction of sp³-hybridized carbons (Fsp3) is 0.500. The Bertz CT molecular complexity index is 638. The Hall–Kier alpha value is -2.38. The van der Waals surface area contributed by atoms with Crippen molar-refractivity contribution in [3.8, 4) is 0 Å². The molecule has 0 radical (unpaired) electrons. The van der Waals surface area contributed by atoms with Crippen LogP contribution in [0.15, 0.2) is 6.33 Å². The minimum absolute atomic E-state index is 0.102. The predicted octanol–water partition coefficient (Wildman–Crippen LogP) is 0.358. The van der Waals surface area contributed by atoms with Gasteiger partial charge in [-0.3, -0.25) is 4.79 Å². The number of hydrogen-bond donors (Lipinski definition) is 3. The molecule has 4 N–H and O–H groups in total. The number of fused-ring (bicyclic) bond motifs is 1. The molecule has 1 amide bonds. The first kappa shape index (κ1) is 12.6. The Labute approximate surface area is 115 Å². The van der Waals surface area contributed by atoms with Crippen LogP contribution in [0, 0.1) is 0 Å². The molecule has 1 aliphatic heterocycles. The maximum atomic E-state index is 11.5. The number of carbonyl (C=O) groups is 1. The van der Waals surface area contributed by atoms with E-state index in [0.29, 0.717) is 18.0 Å². The molecule has 0 aliphatic carbocycles. The summed E-state index contributed by atoms with van der Waals surface area (Å²) in [6.07, 6.45) is 3.53. The SMILES string of the molecule is CC(=O)N1CCC[C@@H](Nc2nc(N)nc3nc[nH]c23)C1. The first-order valence-electron chi connectivity index (χ1n) is 6.62. The molecule has 0 aromatic carbocycles. The largest absolute Gasteiger partial charge is 0.368 e. The quantitative estimate of drug-likeness (QED) is 0.729. The van der Waals surface area contributed by atoms with Gasteiger partial charge in [0.15, 0.2) is 11.5 Å². The van der Waals surface area contributed by atoms with E-state index in [1.165, 1.54) is 0 Å². The van der Waals surface area contributed by atoms with Crippen molar-refractivity contribution in [2.75, 3.05) is 24.1 Å². The minimum atomic E-state index is 0.102. The van der Waals surface area contributed by atoms with Crippen LogP contribution in [0.25, 0.3) is 11.2 Å². The third kappa shape index (κ3) is 2.36. The number of nitrogen functional groups attached to an aromatic ring is 1. The standard InChI is InChI=1S/C12H17N7O/c1-7(20)19-4-2-3-8(5-19)16-11-9-10(15-6-14-9)17-12(13)18-11/h6,8H,2-5H2,1H3,(H4,13,14,15,16,17,18)/t8-/m1/s1. The summed E-state index contributed by atoms with van der Waals surface area (Å²) in [5.41, 5.74) is 6.96. The van der Waals surface area contributed by atoms with Crippen LogP contribution in [0.1, 0.15) is 19.8 Å². The Morgan fingerprint density at radius 2 is 2.40 bits per heavy atom. The molecule has 3 rings (SSSR count). The summed E-state index contributed by atoms with van der Waals surface area (Å²) >= 11 is 0. The Morgan fingerprint density at radius 1 is 1.55 bits per heavy atom. The number of nitrogens with two attached hydrogens (primary N) is 1. The topological polar surface area (TPSA) is 113 Å². The zero-order valence-electron chi connectivity index (χ0n) is 11.3. The van der Waals surface area contributed by atoms with Crippen LogP contribution in [0.2, 0.25) is 0 Å². The summed E-state index contributed by atoms with van der Waals surface area (Å²) in [5, 5.41) is 3.34. The number of aromatic amines is 1. The van der Waals surface area contributed by atoms with Crippen LogP contribution in [-0.2, 0) is 4.79 Å². The van der Waals surface area contributed by atoms with Crippen molar-refractivity contribution in [3.63, 3.8) is 0 Å². The van der Waals surface area contributed by atoms with Gasteiger partial charge in [-0.15, -0.1) is 0 Å². The molecule has 20 heavy (non-hydrogen) atoms. The van der Waals surface area contributed by atoms with Gasteiger partial charge in [0.05, 0.1) is 6.33 Å². The molecule has 1 saturated heterocycles. The predicted molar refractivity (Wildman–Crippen MR) is 75.0 cm³/mol. The third-order valence-corrected chi connectivity index (χ3v) is 3.51. The maximum absolute atomic E-state index is 11.5. The van der Waals surface area contributed by atoms with E-state index in [-0.39, 0.29) is 17.9 Å². The maximum Gasteiger partial charge on any atom is 0.224 e. The van der Waals surface area contributed by atoms with Crippen molar-refractivity contribution in [2.45, 2.75) is 25.8 Å². The highest BCUT2D eigenvalue weighted by Gasteiger charge is 2.22. The van der Waals surface area contributed by atoms with Crippen molar-refractivity contribution < 1.29 is 4.79 Å². The molecule has 106 valence electrons. The summed E-state index contributed by atoms with van der Waals surface area (Å²) in [5.74, 6) is 0.928. The number of anilines is 2. The fourth-order valence-corrected chi connectivity index (χ4v) is 2.53. The lowest BCUT2D eigenvalue weighted by molar-refractivity contribution is -0.129. The molecule has 0 bridgehead atoms. The van der Waals surface area contributed by atoms with Gasteiger partial charge in [0.2, 0.25) is 11.9 Å². The number of amides is 1. The number of rotatable bonds is 2. The van der Waals surface area contributed by atoms with Crippen molar-refractivity contribution in [1.82, 2.24) is 24.8 Å². The van der Waals surface area contributed by atoms with E-state index in [1.54, 1.807) is 13.3 Å². The van der Waals surface area contributed by atoms with Gasteiger partial charge in [-0.2, -0.15) is 9.97 Å². The van der Waals surface area contributed by atoms with E-state index in [2.05, 4.69) is 25.3 Å². The molecule has 2 aromatic heterocycles. The van der Waals surface area contributed by atoms with Crippen LogP contribution in [0.5, 0.6) is 0 Å². The molecule has 3 heterocycles. The molecule has 0 saturated carbocycles. The highest BCUT2D eigenvalue weighted by Crippen LogP contribution is 2.21. The molecule has 1 aliphatic rings. The Balaban J connectivity index is 1.82. The number of aromatic nitrogens is 4. The van der Waals surface area contributed by atoms with Crippen LogP contribution in [0.3, 0.4) is 0 Å². The van der Waals surface area contributed by atoms with Crippen LogP contribution >= 0.6 is 0 Å². The number of carbonyl (C=O) groups excluding carboxylic acids is 1. The van der Waals surface area contributed by atoms with Crippen molar-refractivity contribution >= 4 is 28.8 Å². The third-order valence-electron chi connectivity index (χ3n) is 3.51. The highest BCUT2D eigenvalue weighted by molar-refractivity contribution is 5.83. The van der Waals surface area contributed by atoms with Crippen LogP contribution in [-0.4, -0.2) is 49.9 Å². The van der Waals surface area contributed by atoms with Gasteiger partial charge >= 0.3 is 0 Å². The van der Waals surface area contributed by atoms with Crippen molar-refractivity contribution in [3.05, 3.63) is 6.33 Å². The molecule has 1 atom stereocenters. The van der Waals surface area contributed by atoms with E-state index < -0.39 is 0 Å². The number of piperidine rings is 1. The van der Waals surface area contributed by atoms with Gasteiger partial charge in [0, 0.05) is 26.1 Å². The second kappa shape index (κ2) is 4.95. The second-order valence-corrected chi connectivity index (χ2v) is 4.98. The van der Waals surface area contributed by atoms with Gasteiger partial charge in [-0.25, -0.2) is 4.98 Å². The normalized spacial score (nSPS) is 19.2. The molecule has 8 nitrogen and oxygen atoms in total. The number of likely N-dealkylation sites (tertiary alicyclic amines) is 1. The Kier molecular flexibility index (Phi) is 3.13. The lowest BCUT2D eigenvalue weighted by Gasteiger charge is -2.32. The number of hydrogen-bond acceptors (Lipinski definition) is 6. The molecule has 2 aromatic rings. The van der Waals surface area contributed by atoms with Gasteiger partial charge in [-0.05, 0) is 12.8 Å². The first-order chi connectivity index (χ1) is 9.63. The fourth-order valence-electron chi connectivity index (χ4n) is 2.53. The van der Waals surface area contributed by atoms with Crippen molar-refractivity contribution in [1.29, 1.82) is 0 Å². The van der Waals surface area contributed by atoms with Crippen LogP contribution in [0.4, 0.5) is 11.8 Å². The average Bonchev–Trinajstić information content (AvgIpc) is 2.87. The Morgan fingerprint density at radius 3 is 3.20 bits per heavy atom. The lowest BCUT2D eigenvalue weighted by Crippen LogP contribution is -2.44. The molecular weight excluding hydrogens is 258 g/mol. The molecule has 8 heteroatoms. The van der Waals surface area contributed by atoms with Gasteiger partial charge in [0.1, 0.15) is 5.52 Å². The van der Waals surface area contributed by atoms with E-state index in [4.69, 9.17) is 5.73 Å². The molecule has 0 unspecified atom stereocenters. The molecular formula is C12H17N7O. The summed E-state index contributed by atoms with van der Waals surface area (Å²) in [4.78, 5) is 28.7. The van der Waals surface area contributed by atoms with E-state index in [0.717, 1.165) is 24.9 Å². The summed E-state index contributed by atoms with van der Waals surface area (Å²) < 4.78 is 0. The van der Waals surface area contributed by atoms with Gasteiger partial charge < -0.3 is 20.9 Å². The van der Waals surface area contributed by atoms with Gasteiger partial charge in [0.25, 0.3) is 0 Å². The van der Waals surface area contributed by atoms with E-state index in [9.17, 15) is 4.79 Å². The number of imidazole rings is 1. The zero-order valence-corrected chi connectivity index (χ0v) is 11.3. The lowest BCUT2D eigenvalue weighted by atomic mass is 10.1. The summed E-state index contributed by atoms with van der Waals surface area (Å²) in [6.45, 7) is 3.09. The summed E-state index contributed by atoms with van der Waals surface area (Å²) in [6, 6.07) is 0.161. The van der Waals surface area contributed by atoms with E-state index >= 15 is 0 Å².